The molecule has 0 bridgehead atoms. The second-order valence-electron chi connectivity index (χ2n) is 5.46. The molecule has 0 unspecified atom stereocenters. The van der Waals surface area contributed by atoms with E-state index in [0.29, 0.717) is 24.0 Å². The first-order valence-electron chi connectivity index (χ1n) is 6.98. The maximum atomic E-state index is 11.8. The summed E-state index contributed by atoms with van der Waals surface area (Å²) < 4.78 is 0. The number of hydrogen-bond acceptors (Lipinski definition) is 5. The molecule has 1 heterocycles. The Labute approximate surface area is 121 Å². The highest BCUT2D eigenvalue weighted by molar-refractivity contribution is 5.93. The van der Waals surface area contributed by atoms with Gasteiger partial charge in [0.1, 0.15) is 0 Å². The SMILES string of the molecule is CC(C)CCNC(=O)c1cnc(NCCN(C)C)nc1. The van der Waals surface area contributed by atoms with Crippen LogP contribution in [0.1, 0.15) is 30.6 Å². The third kappa shape index (κ3) is 6.47. The summed E-state index contributed by atoms with van der Waals surface area (Å²) in [4.78, 5) is 22.2. The molecule has 1 amide bonds. The van der Waals surface area contributed by atoms with Crippen LogP contribution in [0.25, 0.3) is 0 Å². The molecule has 0 aliphatic rings. The summed E-state index contributed by atoms with van der Waals surface area (Å²) in [5, 5.41) is 5.97. The Morgan fingerprint density at radius 1 is 1.25 bits per heavy atom. The van der Waals surface area contributed by atoms with Crippen molar-refractivity contribution >= 4 is 11.9 Å². The second-order valence-corrected chi connectivity index (χ2v) is 5.46. The summed E-state index contributed by atoms with van der Waals surface area (Å²) in [6.07, 6.45) is 4.07. The molecule has 0 fully saturated rings. The topological polar surface area (TPSA) is 70.2 Å². The van der Waals surface area contributed by atoms with Crippen molar-refractivity contribution in [2.24, 2.45) is 5.92 Å². The molecule has 1 aromatic rings. The molecular weight excluding hydrogens is 254 g/mol. The molecule has 0 aliphatic heterocycles. The summed E-state index contributed by atoms with van der Waals surface area (Å²) in [5.41, 5.74) is 0.493. The Hall–Kier alpha value is -1.69. The molecular formula is C14H25N5O. The maximum absolute atomic E-state index is 11.8. The zero-order valence-electron chi connectivity index (χ0n) is 12.8. The number of carbonyl (C=O) groups excluding carboxylic acids is 1. The first kappa shape index (κ1) is 16.4. The van der Waals surface area contributed by atoms with Crippen molar-refractivity contribution in [1.29, 1.82) is 0 Å². The van der Waals surface area contributed by atoms with Gasteiger partial charge in [-0.2, -0.15) is 0 Å². The van der Waals surface area contributed by atoms with Gasteiger partial charge in [0.15, 0.2) is 0 Å². The van der Waals surface area contributed by atoms with Crippen molar-refractivity contribution in [2.45, 2.75) is 20.3 Å². The van der Waals surface area contributed by atoms with Crippen LogP contribution in [0.3, 0.4) is 0 Å². The number of carbonyl (C=O) groups is 1. The maximum Gasteiger partial charge on any atom is 0.254 e. The quantitative estimate of drug-likeness (QED) is 0.749. The average molecular weight is 279 g/mol. The van der Waals surface area contributed by atoms with E-state index in [0.717, 1.165) is 19.5 Å². The third-order valence-corrected chi connectivity index (χ3v) is 2.76. The number of hydrogen-bond donors (Lipinski definition) is 2. The minimum Gasteiger partial charge on any atom is -0.353 e. The van der Waals surface area contributed by atoms with Crippen LogP contribution in [0, 0.1) is 5.92 Å². The molecule has 1 rings (SSSR count). The van der Waals surface area contributed by atoms with Gasteiger partial charge in [-0.3, -0.25) is 4.79 Å². The van der Waals surface area contributed by atoms with E-state index in [4.69, 9.17) is 0 Å². The predicted molar refractivity (Wildman–Crippen MR) is 80.9 cm³/mol. The number of anilines is 1. The molecule has 0 saturated heterocycles. The summed E-state index contributed by atoms with van der Waals surface area (Å²) in [7, 11) is 4.01. The number of rotatable bonds is 8. The van der Waals surface area contributed by atoms with E-state index >= 15 is 0 Å². The largest absolute Gasteiger partial charge is 0.353 e. The highest BCUT2D eigenvalue weighted by Gasteiger charge is 2.06. The van der Waals surface area contributed by atoms with Crippen LogP contribution in [0.15, 0.2) is 12.4 Å². The number of nitrogens with one attached hydrogen (secondary N) is 2. The molecule has 0 atom stereocenters. The Balaban J connectivity index is 2.39. The minimum absolute atomic E-state index is 0.120. The third-order valence-electron chi connectivity index (χ3n) is 2.76. The van der Waals surface area contributed by atoms with E-state index in [1.54, 1.807) is 12.4 Å². The fourth-order valence-electron chi connectivity index (χ4n) is 1.50. The van der Waals surface area contributed by atoms with Gasteiger partial charge < -0.3 is 15.5 Å². The zero-order chi connectivity index (χ0) is 15.0. The van der Waals surface area contributed by atoms with Crippen molar-refractivity contribution in [1.82, 2.24) is 20.2 Å². The molecule has 20 heavy (non-hydrogen) atoms. The Morgan fingerprint density at radius 2 is 1.90 bits per heavy atom. The molecule has 0 saturated carbocycles. The van der Waals surface area contributed by atoms with E-state index < -0.39 is 0 Å². The molecule has 0 spiro atoms. The summed E-state index contributed by atoms with van der Waals surface area (Å²) in [6, 6.07) is 0. The van der Waals surface area contributed by atoms with Crippen LogP contribution < -0.4 is 10.6 Å². The van der Waals surface area contributed by atoms with E-state index in [1.807, 2.05) is 14.1 Å². The van der Waals surface area contributed by atoms with Crippen molar-refractivity contribution in [3.05, 3.63) is 18.0 Å². The zero-order valence-corrected chi connectivity index (χ0v) is 12.8. The number of aromatic nitrogens is 2. The van der Waals surface area contributed by atoms with Crippen LogP contribution >= 0.6 is 0 Å². The van der Waals surface area contributed by atoms with Crippen LogP contribution in [0.5, 0.6) is 0 Å². The summed E-state index contributed by atoms with van der Waals surface area (Å²) in [5.74, 6) is 1.01. The lowest BCUT2D eigenvalue weighted by Gasteiger charge is -2.10. The Morgan fingerprint density at radius 3 is 2.45 bits per heavy atom. The highest BCUT2D eigenvalue weighted by Crippen LogP contribution is 2.01. The standard InChI is InChI=1S/C14H25N5O/c1-11(2)5-6-15-13(20)12-9-17-14(18-10-12)16-7-8-19(3)4/h9-11H,5-8H2,1-4H3,(H,15,20)(H,16,17,18). The molecule has 6 heteroatoms. The van der Waals surface area contributed by atoms with Gasteiger partial charge in [0.2, 0.25) is 5.95 Å². The molecule has 0 aromatic carbocycles. The highest BCUT2D eigenvalue weighted by atomic mass is 16.1. The fourth-order valence-corrected chi connectivity index (χ4v) is 1.50. The lowest BCUT2D eigenvalue weighted by atomic mass is 10.1. The summed E-state index contributed by atoms with van der Waals surface area (Å²) in [6.45, 7) is 6.61. The van der Waals surface area contributed by atoms with E-state index in [1.165, 1.54) is 0 Å². The molecule has 6 nitrogen and oxygen atoms in total. The smallest absolute Gasteiger partial charge is 0.254 e. The van der Waals surface area contributed by atoms with Crippen LogP contribution in [0.2, 0.25) is 0 Å². The van der Waals surface area contributed by atoms with Crippen molar-refractivity contribution < 1.29 is 4.79 Å². The van der Waals surface area contributed by atoms with Gasteiger partial charge in [0.05, 0.1) is 5.56 Å². The van der Waals surface area contributed by atoms with Gasteiger partial charge in [-0.25, -0.2) is 9.97 Å². The first-order valence-corrected chi connectivity index (χ1v) is 6.98. The fraction of sp³-hybridized carbons (Fsp3) is 0.643. The minimum atomic E-state index is -0.120. The number of likely N-dealkylation sites (N-methyl/N-ethyl adjacent to an activating group) is 1. The Kier molecular flexibility index (Phi) is 6.93. The van der Waals surface area contributed by atoms with E-state index in [9.17, 15) is 4.79 Å². The molecule has 0 aliphatic carbocycles. The summed E-state index contributed by atoms with van der Waals surface area (Å²) >= 11 is 0. The van der Waals surface area contributed by atoms with Crippen LogP contribution in [-0.2, 0) is 0 Å². The molecule has 0 radical (unpaired) electrons. The van der Waals surface area contributed by atoms with E-state index in [2.05, 4.69) is 39.3 Å². The molecule has 1 aromatic heterocycles. The Bertz CT molecular complexity index is 403. The lowest BCUT2D eigenvalue weighted by molar-refractivity contribution is 0.0951. The van der Waals surface area contributed by atoms with Gasteiger partial charge in [-0.05, 0) is 26.4 Å². The second kappa shape index (κ2) is 8.47. The number of nitrogens with zero attached hydrogens (tertiary/aromatic N) is 3. The predicted octanol–water partition coefficient (Wildman–Crippen LogP) is 1.23. The monoisotopic (exact) mass is 279 g/mol. The van der Waals surface area contributed by atoms with Gasteiger partial charge >= 0.3 is 0 Å². The van der Waals surface area contributed by atoms with Crippen molar-refractivity contribution in [3.63, 3.8) is 0 Å². The molecule has 2 N–H and O–H groups in total. The van der Waals surface area contributed by atoms with Crippen molar-refractivity contribution in [2.75, 3.05) is 39.0 Å². The van der Waals surface area contributed by atoms with Gasteiger partial charge in [-0.1, -0.05) is 13.8 Å². The van der Waals surface area contributed by atoms with Crippen LogP contribution in [0.4, 0.5) is 5.95 Å². The molecule has 112 valence electrons. The van der Waals surface area contributed by atoms with Gasteiger partial charge in [-0.15, -0.1) is 0 Å². The number of amides is 1. The first-order chi connectivity index (χ1) is 9.49. The normalized spacial score (nSPS) is 10.9. The van der Waals surface area contributed by atoms with E-state index in [-0.39, 0.29) is 5.91 Å². The van der Waals surface area contributed by atoms with Gasteiger partial charge in [0, 0.05) is 32.0 Å². The average Bonchev–Trinajstić information content (AvgIpc) is 2.38. The van der Waals surface area contributed by atoms with Gasteiger partial charge in [0.25, 0.3) is 5.91 Å². The lowest BCUT2D eigenvalue weighted by Crippen LogP contribution is -2.26. The van der Waals surface area contributed by atoms with Crippen LogP contribution in [-0.4, -0.2) is 54.5 Å². The van der Waals surface area contributed by atoms with Crippen molar-refractivity contribution in [3.8, 4) is 0 Å².